The maximum absolute atomic E-state index is 11.8. The van der Waals surface area contributed by atoms with Crippen LogP contribution in [-0.2, 0) is 11.2 Å². The maximum Gasteiger partial charge on any atom is 0.408 e. The molecule has 1 aromatic rings. The summed E-state index contributed by atoms with van der Waals surface area (Å²) in [5.41, 5.74) is 6.78. The van der Waals surface area contributed by atoms with Crippen molar-refractivity contribution in [2.45, 2.75) is 44.7 Å². The molecule has 5 heteroatoms. The van der Waals surface area contributed by atoms with Crippen LogP contribution in [0.5, 0.6) is 0 Å². The van der Waals surface area contributed by atoms with Crippen LogP contribution < -0.4 is 5.73 Å². The van der Waals surface area contributed by atoms with E-state index in [2.05, 4.69) is 0 Å². The molecule has 0 saturated heterocycles. The third-order valence-corrected chi connectivity index (χ3v) is 3.77. The zero-order valence-electron chi connectivity index (χ0n) is 12.0. The van der Waals surface area contributed by atoms with Crippen molar-refractivity contribution in [2.24, 2.45) is 5.73 Å². The van der Waals surface area contributed by atoms with Gasteiger partial charge in [-0.2, -0.15) is 0 Å². The van der Waals surface area contributed by atoms with Crippen molar-refractivity contribution in [3.63, 3.8) is 0 Å². The highest BCUT2D eigenvalue weighted by Gasteiger charge is 2.45. The average molecular weight is 276 g/mol. The molecule has 0 spiro atoms. The highest BCUT2D eigenvalue weighted by atomic mass is 16.4. The van der Waals surface area contributed by atoms with E-state index in [-0.39, 0.29) is 0 Å². The molecule has 0 bridgehead atoms. The Balaban J connectivity index is 2.47. The summed E-state index contributed by atoms with van der Waals surface area (Å²) in [7, 11) is 0. The fraction of sp³-hybridized carbons (Fsp3) is 0.467. The van der Waals surface area contributed by atoms with E-state index in [1.54, 1.807) is 0 Å². The summed E-state index contributed by atoms with van der Waals surface area (Å²) in [5, 5.41) is 9.52. The van der Waals surface area contributed by atoms with Crippen LogP contribution >= 0.6 is 0 Å². The molecule has 0 heterocycles. The molecule has 20 heavy (non-hydrogen) atoms. The van der Waals surface area contributed by atoms with Gasteiger partial charge >= 0.3 is 6.09 Å². The second kappa shape index (κ2) is 4.81. The fourth-order valence-electron chi connectivity index (χ4n) is 3.08. The fourth-order valence-corrected chi connectivity index (χ4v) is 3.08. The second-order valence-corrected chi connectivity index (χ2v) is 6.17. The lowest BCUT2D eigenvalue weighted by Gasteiger charge is -2.40. The average Bonchev–Trinajstić information content (AvgIpc) is 2.64. The second-order valence-electron chi connectivity index (χ2n) is 6.17. The molecule has 5 nitrogen and oxygen atoms in total. The Kier molecular flexibility index (Phi) is 3.46. The van der Waals surface area contributed by atoms with Gasteiger partial charge in [0.1, 0.15) is 0 Å². The molecule has 0 unspecified atom stereocenters. The van der Waals surface area contributed by atoms with Gasteiger partial charge in [0, 0.05) is 5.54 Å². The summed E-state index contributed by atoms with van der Waals surface area (Å²) in [5.74, 6) is -1.06. The van der Waals surface area contributed by atoms with Crippen molar-refractivity contribution < 1.29 is 14.7 Å². The number of primary amides is 1. The first kappa shape index (κ1) is 14.4. The van der Waals surface area contributed by atoms with Crippen molar-refractivity contribution >= 4 is 12.0 Å². The normalized spacial score (nSPS) is 21.4. The van der Waals surface area contributed by atoms with E-state index < -0.39 is 29.5 Å². The van der Waals surface area contributed by atoms with E-state index in [9.17, 15) is 14.7 Å². The van der Waals surface area contributed by atoms with E-state index in [1.165, 1.54) is 4.90 Å². The monoisotopic (exact) mass is 276 g/mol. The molecular formula is C15H20N2O3. The van der Waals surface area contributed by atoms with Gasteiger partial charge in [-0.3, -0.25) is 9.69 Å². The van der Waals surface area contributed by atoms with Gasteiger partial charge in [-0.05, 0) is 38.3 Å². The van der Waals surface area contributed by atoms with Crippen molar-refractivity contribution in [3.05, 3.63) is 35.4 Å². The number of carbonyl (C=O) groups excluding carboxylic acids is 1. The molecule has 0 aliphatic heterocycles. The molecule has 0 saturated carbocycles. The highest BCUT2D eigenvalue weighted by Crippen LogP contribution is 2.38. The number of nitrogens with zero attached hydrogens (tertiary/aromatic N) is 1. The number of hydrogen-bond donors (Lipinski definition) is 2. The third kappa shape index (κ3) is 2.35. The lowest BCUT2D eigenvalue weighted by atomic mass is 9.93. The summed E-state index contributed by atoms with van der Waals surface area (Å²) in [4.78, 5) is 24.8. The summed E-state index contributed by atoms with van der Waals surface area (Å²) in [6.07, 6.45) is -0.505. The van der Waals surface area contributed by atoms with E-state index in [0.29, 0.717) is 6.42 Å². The zero-order valence-corrected chi connectivity index (χ0v) is 12.0. The Hall–Kier alpha value is -2.04. The van der Waals surface area contributed by atoms with Crippen molar-refractivity contribution in [2.75, 3.05) is 0 Å². The Morgan fingerprint density at radius 1 is 1.30 bits per heavy atom. The smallest absolute Gasteiger partial charge is 0.408 e. The molecule has 2 atom stereocenters. The first-order chi connectivity index (χ1) is 9.23. The predicted octanol–water partition coefficient (Wildman–Crippen LogP) is 1.96. The van der Waals surface area contributed by atoms with Crippen LogP contribution in [-0.4, -0.2) is 33.6 Å². The molecule has 2 rings (SSSR count). The van der Waals surface area contributed by atoms with Crippen LogP contribution in [0.1, 0.15) is 37.8 Å². The summed E-state index contributed by atoms with van der Waals surface area (Å²) in [6.45, 7) is 5.46. The van der Waals surface area contributed by atoms with Gasteiger partial charge in [0.15, 0.2) is 0 Å². The highest BCUT2D eigenvalue weighted by molar-refractivity contribution is 5.85. The quantitative estimate of drug-likeness (QED) is 0.866. The molecule has 0 aromatic heterocycles. The lowest BCUT2D eigenvalue weighted by molar-refractivity contribution is -0.120. The lowest BCUT2D eigenvalue weighted by Crippen LogP contribution is -2.54. The first-order valence-corrected chi connectivity index (χ1v) is 6.63. The van der Waals surface area contributed by atoms with Crippen molar-refractivity contribution in [1.29, 1.82) is 0 Å². The van der Waals surface area contributed by atoms with Crippen LogP contribution in [0.2, 0.25) is 0 Å². The number of carbonyl (C=O) groups is 2. The summed E-state index contributed by atoms with van der Waals surface area (Å²) < 4.78 is 0. The number of amides is 2. The van der Waals surface area contributed by atoms with Gasteiger partial charge < -0.3 is 10.8 Å². The van der Waals surface area contributed by atoms with Crippen LogP contribution in [0, 0.1) is 0 Å². The molecule has 3 N–H and O–H groups in total. The number of carboxylic acid groups (broad SMARTS) is 1. The molecule has 1 aliphatic carbocycles. The Bertz CT molecular complexity index is 548. The van der Waals surface area contributed by atoms with E-state index in [1.807, 2.05) is 45.0 Å². The molecule has 2 amide bonds. The molecule has 1 aromatic carbocycles. The minimum atomic E-state index is -1.03. The number of fused-ring (bicyclic) bond motifs is 1. The maximum atomic E-state index is 11.8. The minimum absolute atomic E-state index is 0.442. The molecule has 0 radical (unpaired) electrons. The summed E-state index contributed by atoms with van der Waals surface area (Å²) >= 11 is 0. The van der Waals surface area contributed by atoms with E-state index in [4.69, 9.17) is 5.73 Å². The van der Waals surface area contributed by atoms with Crippen LogP contribution in [0.25, 0.3) is 0 Å². The van der Waals surface area contributed by atoms with Crippen LogP contribution in [0.3, 0.4) is 0 Å². The van der Waals surface area contributed by atoms with Gasteiger partial charge in [-0.1, -0.05) is 24.3 Å². The topological polar surface area (TPSA) is 83.6 Å². The first-order valence-electron chi connectivity index (χ1n) is 6.63. The molecule has 108 valence electrons. The Morgan fingerprint density at radius 2 is 1.90 bits per heavy atom. The van der Waals surface area contributed by atoms with Gasteiger partial charge in [0.25, 0.3) is 0 Å². The van der Waals surface area contributed by atoms with Gasteiger partial charge in [0.2, 0.25) is 5.91 Å². The van der Waals surface area contributed by atoms with Gasteiger partial charge in [-0.25, -0.2) is 4.79 Å². The summed E-state index contributed by atoms with van der Waals surface area (Å²) in [6, 6.07) is 7.07. The van der Waals surface area contributed by atoms with Gasteiger partial charge in [0.05, 0.1) is 12.0 Å². The third-order valence-electron chi connectivity index (χ3n) is 3.77. The van der Waals surface area contributed by atoms with Gasteiger partial charge in [-0.15, -0.1) is 0 Å². The Labute approximate surface area is 118 Å². The standard InChI is InChI=1S/C15H20N2O3/c1-15(2,3)17(14(19)20)11-8-9-6-4-5-7-10(9)12(11)13(16)18/h4-7,11-12H,8H2,1-3H3,(H2,16,18)(H,19,20)/t11-,12-/m1/s1. The number of hydrogen-bond acceptors (Lipinski definition) is 2. The SMILES string of the molecule is CC(C)(C)N(C(=O)O)[C@@H]1Cc2ccccc2[C@H]1C(N)=O. The molecular weight excluding hydrogens is 256 g/mol. The van der Waals surface area contributed by atoms with Crippen LogP contribution in [0.4, 0.5) is 4.79 Å². The zero-order chi connectivity index (χ0) is 15.1. The predicted molar refractivity (Wildman–Crippen MR) is 75.5 cm³/mol. The number of benzene rings is 1. The van der Waals surface area contributed by atoms with Crippen LogP contribution in [0.15, 0.2) is 24.3 Å². The molecule has 1 aliphatic rings. The Morgan fingerprint density at radius 3 is 2.40 bits per heavy atom. The van der Waals surface area contributed by atoms with Crippen molar-refractivity contribution in [3.8, 4) is 0 Å². The van der Waals surface area contributed by atoms with E-state index >= 15 is 0 Å². The van der Waals surface area contributed by atoms with E-state index in [0.717, 1.165) is 11.1 Å². The minimum Gasteiger partial charge on any atom is -0.465 e. The van der Waals surface area contributed by atoms with Crippen molar-refractivity contribution in [1.82, 2.24) is 4.90 Å². The number of nitrogens with two attached hydrogens (primary N) is 1. The largest absolute Gasteiger partial charge is 0.465 e. The number of rotatable bonds is 2. The molecule has 0 fully saturated rings.